The smallest absolute Gasteiger partial charge is 0.264 e. The van der Waals surface area contributed by atoms with Crippen molar-refractivity contribution in [1.29, 1.82) is 0 Å². The minimum Gasteiger partial charge on any atom is -0.379 e. The summed E-state index contributed by atoms with van der Waals surface area (Å²) in [7, 11) is -3.81. The van der Waals surface area contributed by atoms with Crippen molar-refractivity contribution in [3.05, 3.63) is 58.6 Å². The van der Waals surface area contributed by atoms with Crippen molar-refractivity contribution in [2.75, 3.05) is 24.1 Å². The van der Waals surface area contributed by atoms with E-state index in [2.05, 4.69) is 5.32 Å². The molecule has 0 aromatic heterocycles. The van der Waals surface area contributed by atoms with Crippen LogP contribution < -0.4 is 9.62 Å². The molecule has 0 radical (unpaired) electrons. The SMILES string of the molecule is O=C(NC1CCCOC1)c1cc(S(=O)(=O)N2CCCc3ccccc32)ccc1Cl. The number of hydrogen-bond donors (Lipinski definition) is 1. The molecule has 1 unspecified atom stereocenters. The first-order valence-electron chi connectivity index (χ1n) is 9.75. The van der Waals surface area contributed by atoms with Crippen LogP contribution in [-0.4, -0.2) is 40.1 Å². The monoisotopic (exact) mass is 434 g/mol. The highest BCUT2D eigenvalue weighted by Gasteiger charge is 2.30. The Labute approximate surface area is 175 Å². The lowest BCUT2D eigenvalue weighted by atomic mass is 10.0. The van der Waals surface area contributed by atoms with Crippen molar-refractivity contribution in [1.82, 2.24) is 5.32 Å². The van der Waals surface area contributed by atoms with Gasteiger partial charge in [-0.15, -0.1) is 0 Å². The van der Waals surface area contributed by atoms with E-state index in [0.29, 0.717) is 25.4 Å². The van der Waals surface area contributed by atoms with Gasteiger partial charge in [0.25, 0.3) is 15.9 Å². The number of halogens is 1. The van der Waals surface area contributed by atoms with E-state index in [4.69, 9.17) is 16.3 Å². The number of nitrogens with zero attached hydrogens (tertiary/aromatic N) is 1. The molecule has 0 aliphatic carbocycles. The molecular weight excluding hydrogens is 412 g/mol. The molecular formula is C21H23ClN2O4S. The zero-order valence-corrected chi connectivity index (χ0v) is 17.5. The third-order valence-corrected chi connectivity index (χ3v) is 7.47. The molecule has 0 spiro atoms. The largest absolute Gasteiger partial charge is 0.379 e. The molecule has 2 heterocycles. The highest BCUT2D eigenvalue weighted by molar-refractivity contribution is 7.92. The van der Waals surface area contributed by atoms with E-state index >= 15 is 0 Å². The van der Waals surface area contributed by atoms with E-state index in [9.17, 15) is 13.2 Å². The number of amides is 1. The number of para-hydroxylation sites is 1. The van der Waals surface area contributed by atoms with E-state index in [1.54, 1.807) is 0 Å². The van der Waals surface area contributed by atoms with Gasteiger partial charge >= 0.3 is 0 Å². The maximum absolute atomic E-state index is 13.4. The lowest BCUT2D eigenvalue weighted by Gasteiger charge is -2.30. The maximum atomic E-state index is 13.4. The maximum Gasteiger partial charge on any atom is 0.264 e. The summed E-state index contributed by atoms with van der Waals surface area (Å²) in [5.74, 6) is -0.387. The second kappa shape index (κ2) is 8.34. The second-order valence-electron chi connectivity index (χ2n) is 7.34. The van der Waals surface area contributed by atoms with Crippen molar-refractivity contribution < 1.29 is 17.9 Å². The van der Waals surface area contributed by atoms with Crippen molar-refractivity contribution in [2.24, 2.45) is 0 Å². The number of sulfonamides is 1. The Bertz CT molecular complexity index is 1020. The molecule has 1 atom stereocenters. The van der Waals surface area contributed by atoms with Crippen molar-refractivity contribution >= 4 is 33.2 Å². The molecule has 0 bridgehead atoms. The van der Waals surface area contributed by atoms with Crippen LogP contribution in [0.25, 0.3) is 0 Å². The normalized spacial score (nSPS) is 19.5. The van der Waals surface area contributed by atoms with Crippen molar-refractivity contribution in [2.45, 2.75) is 36.6 Å². The molecule has 1 amide bonds. The van der Waals surface area contributed by atoms with Crippen molar-refractivity contribution in [3.63, 3.8) is 0 Å². The molecule has 1 N–H and O–H groups in total. The fourth-order valence-electron chi connectivity index (χ4n) is 3.83. The van der Waals surface area contributed by atoms with E-state index in [-0.39, 0.29) is 27.4 Å². The molecule has 29 heavy (non-hydrogen) atoms. The highest BCUT2D eigenvalue weighted by Crippen LogP contribution is 2.32. The number of aryl methyl sites for hydroxylation is 1. The number of rotatable bonds is 4. The molecule has 2 aliphatic heterocycles. The predicted octanol–water partition coefficient (Wildman–Crippen LogP) is 3.39. The molecule has 154 valence electrons. The molecule has 2 aromatic carbocycles. The van der Waals surface area contributed by atoms with E-state index in [1.165, 1.54) is 22.5 Å². The van der Waals surface area contributed by atoms with Crippen LogP contribution >= 0.6 is 11.6 Å². The number of ether oxygens (including phenoxy) is 1. The molecule has 6 nitrogen and oxygen atoms in total. The third kappa shape index (κ3) is 4.13. The second-order valence-corrected chi connectivity index (χ2v) is 9.61. The van der Waals surface area contributed by atoms with E-state index in [1.807, 2.05) is 24.3 Å². The summed E-state index contributed by atoms with van der Waals surface area (Å²) >= 11 is 6.23. The Morgan fingerprint density at radius 3 is 2.79 bits per heavy atom. The Kier molecular flexibility index (Phi) is 5.81. The number of carbonyl (C=O) groups is 1. The van der Waals surface area contributed by atoms with Crippen LogP contribution in [0.5, 0.6) is 0 Å². The number of nitrogens with one attached hydrogen (secondary N) is 1. The number of benzene rings is 2. The molecule has 4 rings (SSSR count). The molecule has 8 heteroatoms. The van der Waals surface area contributed by atoms with Gasteiger partial charge in [0.1, 0.15) is 0 Å². The first kappa shape index (κ1) is 20.2. The molecule has 0 saturated carbocycles. The Morgan fingerprint density at radius 2 is 2.00 bits per heavy atom. The van der Waals surface area contributed by atoms with Gasteiger partial charge in [-0.2, -0.15) is 0 Å². The first-order valence-corrected chi connectivity index (χ1v) is 11.6. The molecule has 1 fully saturated rings. The lowest BCUT2D eigenvalue weighted by molar-refractivity contribution is 0.0624. The standard InChI is InChI=1S/C21H23ClN2O4S/c22-19-10-9-17(13-18(19)21(25)23-16-7-4-12-28-14-16)29(26,27)24-11-3-6-15-5-1-2-8-20(15)24/h1-2,5,8-10,13,16H,3-4,6-7,11-12,14H2,(H,23,25). The van der Waals surface area contributed by atoms with Gasteiger partial charge in [0.05, 0.1) is 33.8 Å². The zero-order chi connectivity index (χ0) is 20.4. The molecule has 2 aromatic rings. The van der Waals surface area contributed by atoms with Crippen LogP contribution in [0.3, 0.4) is 0 Å². The summed E-state index contributed by atoms with van der Waals surface area (Å²) in [6, 6.07) is 11.7. The first-order chi connectivity index (χ1) is 14.0. The highest BCUT2D eigenvalue weighted by atomic mass is 35.5. The van der Waals surface area contributed by atoms with Gasteiger partial charge in [0, 0.05) is 13.2 Å². The van der Waals surface area contributed by atoms with Crippen LogP contribution in [0.15, 0.2) is 47.4 Å². The van der Waals surface area contributed by atoms with Crippen LogP contribution in [0.2, 0.25) is 5.02 Å². The number of fused-ring (bicyclic) bond motifs is 1. The summed E-state index contributed by atoms with van der Waals surface area (Å²) in [6.45, 7) is 1.55. The lowest BCUT2D eigenvalue weighted by Crippen LogP contribution is -2.40. The van der Waals surface area contributed by atoms with E-state index in [0.717, 1.165) is 31.2 Å². The van der Waals surface area contributed by atoms with Gasteiger partial charge in [-0.1, -0.05) is 29.8 Å². The summed E-state index contributed by atoms with van der Waals surface area (Å²) in [4.78, 5) is 12.8. The van der Waals surface area contributed by atoms with Gasteiger partial charge in [0.2, 0.25) is 0 Å². The molecule has 1 saturated heterocycles. The Morgan fingerprint density at radius 1 is 1.17 bits per heavy atom. The zero-order valence-electron chi connectivity index (χ0n) is 15.9. The van der Waals surface area contributed by atoms with Crippen LogP contribution in [-0.2, 0) is 21.2 Å². The number of hydrogen-bond acceptors (Lipinski definition) is 4. The quantitative estimate of drug-likeness (QED) is 0.800. The predicted molar refractivity (Wildman–Crippen MR) is 112 cm³/mol. The number of carbonyl (C=O) groups excluding carboxylic acids is 1. The van der Waals surface area contributed by atoms with Gasteiger partial charge in [-0.05, 0) is 55.5 Å². The van der Waals surface area contributed by atoms with Crippen LogP contribution in [0.4, 0.5) is 5.69 Å². The average Bonchev–Trinajstić information content (AvgIpc) is 2.74. The van der Waals surface area contributed by atoms with Gasteiger partial charge in [0.15, 0.2) is 0 Å². The average molecular weight is 435 g/mol. The van der Waals surface area contributed by atoms with Gasteiger partial charge < -0.3 is 10.1 Å². The summed E-state index contributed by atoms with van der Waals surface area (Å²) in [5, 5.41) is 3.11. The minimum absolute atomic E-state index is 0.0589. The summed E-state index contributed by atoms with van der Waals surface area (Å²) in [5.41, 5.74) is 1.86. The van der Waals surface area contributed by atoms with Crippen LogP contribution in [0, 0.1) is 0 Å². The number of anilines is 1. The Balaban J connectivity index is 1.64. The third-order valence-electron chi connectivity index (χ3n) is 5.33. The fourth-order valence-corrected chi connectivity index (χ4v) is 5.60. The van der Waals surface area contributed by atoms with E-state index < -0.39 is 10.0 Å². The van der Waals surface area contributed by atoms with Crippen LogP contribution in [0.1, 0.15) is 35.2 Å². The van der Waals surface area contributed by atoms with Gasteiger partial charge in [-0.25, -0.2) is 8.42 Å². The fraction of sp³-hybridized carbons (Fsp3) is 0.381. The summed E-state index contributed by atoms with van der Waals surface area (Å²) < 4.78 is 33.5. The molecule has 2 aliphatic rings. The minimum atomic E-state index is -3.81. The van der Waals surface area contributed by atoms with Crippen molar-refractivity contribution in [3.8, 4) is 0 Å². The summed E-state index contributed by atoms with van der Waals surface area (Å²) in [6.07, 6.45) is 3.30. The van der Waals surface area contributed by atoms with Gasteiger partial charge in [-0.3, -0.25) is 9.10 Å². The Hall–Kier alpha value is -2.09. The topological polar surface area (TPSA) is 75.7 Å².